The number of benzene rings is 1. The van der Waals surface area contributed by atoms with E-state index in [9.17, 15) is 9.59 Å². The number of carbonyl (C=O) groups excluding carboxylic acids is 1. The van der Waals surface area contributed by atoms with Crippen molar-refractivity contribution in [1.29, 1.82) is 0 Å². The van der Waals surface area contributed by atoms with Gasteiger partial charge in [0, 0.05) is 18.2 Å². The lowest BCUT2D eigenvalue weighted by molar-refractivity contribution is -0.116. The van der Waals surface area contributed by atoms with Crippen molar-refractivity contribution >= 4 is 42.4 Å². The Labute approximate surface area is 208 Å². The molecule has 1 fully saturated rings. The predicted octanol–water partition coefficient (Wildman–Crippen LogP) is 3.59. The summed E-state index contributed by atoms with van der Waals surface area (Å²) >= 11 is 1.34. The van der Waals surface area contributed by atoms with Crippen LogP contribution in [0.25, 0.3) is 11.2 Å². The second kappa shape index (κ2) is 12.6. The molecule has 4 rings (SSSR count). The number of rotatable bonds is 13. The number of fused-ring (bicyclic) bond motifs is 1. The molecule has 3 N–H and O–H groups in total. The van der Waals surface area contributed by atoms with Crippen LogP contribution in [0.1, 0.15) is 30.4 Å². The minimum absolute atomic E-state index is 0.0419. The average molecular weight is 520 g/mol. The largest absolute Gasteiger partial charge is 0.370 e. The first kappa shape index (κ1) is 25.8. The third-order valence-electron chi connectivity index (χ3n) is 5.66. The molecule has 1 aromatic carbocycles. The van der Waals surface area contributed by atoms with Crippen LogP contribution in [0.4, 0.5) is 5.95 Å². The van der Waals surface area contributed by atoms with E-state index in [4.69, 9.17) is 19.5 Å². The van der Waals surface area contributed by atoms with Gasteiger partial charge in [-0.15, -0.1) is 0 Å². The molecule has 0 amide bonds. The summed E-state index contributed by atoms with van der Waals surface area (Å²) < 4.78 is 19.5. The van der Waals surface area contributed by atoms with Crippen LogP contribution < -0.4 is 11.3 Å². The molecule has 1 unspecified atom stereocenters. The molecule has 0 bridgehead atoms. The van der Waals surface area contributed by atoms with Crippen molar-refractivity contribution in [3.05, 3.63) is 52.1 Å². The van der Waals surface area contributed by atoms with E-state index in [1.165, 1.54) is 17.3 Å². The summed E-state index contributed by atoms with van der Waals surface area (Å²) in [5.74, 6) is 0.868. The average Bonchev–Trinajstić information content (AvgIpc) is 3.20. The third kappa shape index (κ3) is 7.35. The van der Waals surface area contributed by atoms with Crippen LogP contribution in [0, 0.1) is 12.8 Å². The van der Waals surface area contributed by atoms with Crippen LogP contribution in [-0.4, -0.2) is 49.9 Å². The predicted molar refractivity (Wildman–Crippen MR) is 137 cm³/mol. The number of carbonyl (C=O) groups is 1. The Morgan fingerprint density at radius 3 is 2.80 bits per heavy atom. The van der Waals surface area contributed by atoms with Crippen LogP contribution in [0.5, 0.6) is 0 Å². The van der Waals surface area contributed by atoms with E-state index in [1.54, 1.807) is 10.9 Å². The topological polar surface area (TPSA) is 134 Å². The molecule has 3 aromatic rings. The fourth-order valence-corrected chi connectivity index (χ4v) is 5.47. The highest BCUT2D eigenvalue weighted by Crippen LogP contribution is 2.40. The maximum Gasteiger partial charge on any atom is 0.280 e. The summed E-state index contributed by atoms with van der Waals surface area (Å²) in [6.07, 6.45) is 4.99. The van der Waals surface area contributed by atoms with Gasteiger partial charge in [-0.05, 0) is 25.3 Å². The second-order valence-corrected chi connectivity index (χ2v) is 10.9. The molecule has 2 aromatic heterocycles. The van der Waals surface area contributed by atoms with Gasteiger partial charge in [-0.1, -0.05) is 48.0 Å². The van der Waals surface area contributed by atoms with Gasteiger partial charge in [-0.2, -0.15) is 4.98 Å². The van der Waals surface area contributed by atoms with Crippen molar-refractivity contribution in [3.63, 3.8) is 0 Å². The van der Waals surface area contributed by atoms with Gasteiger partial charge in [0.05, 0.1) is 26.1 Å². The molecule has 0 spiro atoms. The standard InChI is InChI=1S/C23H30N5O5PS/c1-16-5-7-17(8-6-16)13-33-34(32-11-12-35-22(30)18-3-2-4-18)15-31-10-9-28-14-25-19-20(28)26-23(24)27-21(19)29/h5-8,14,18H,2-4,9-13,15H2,1H3,(H3,24,26,27,29). The number of hydrogen-bond donors (Lipinski definition) is 2. The fourth-order valence-electron chi connectivity index (χ4n) is 3.42. The number of thioether (sulfide) groups is 1. The van der Waals surface area contributed by atoms with Gasteiger partial charge in [-0.25, -0.2) is 4.98 Å². The summed E-state index contributed by atoms with van der Waals surface area (Å²) in [4.78, 5) is 34.7. The summed E-state index contributed by atoms with van der Waals surface area (Å²) in [7, 11) is -1.30. The van der Waals surface area contributed by atoms with Gasteiger partial charge in [0.25, 0.3) is 5.56 Å². The van der Waals surface area contributed by atoms with Gasteiger partial charge >= 0.3 is 0 Å². The number of nitrogens with zero attached hydrogens (tertiary/aromatic N) is 3. The maximum absolute atomic E-state index is 12.1. The lowest BCUT2D eigenvalue weighted by atomic mass is 9.87. The molecule has 188 valence electrons. The smallest absolute Gasteiger partial charge is 0.280 e. The number of anilines is 1. The third-order valence-corrected chi connectivity index (χ3v) is 7.93. The number of nitrogens with one attached hydrogen (secondary N) is 1. The number of ether oxygens (including phenoxy) is 1. The van der Waals surface area contributed by atoms with E-state index < -0.39 is 8.38 Å². The zero-order valence-electron chi connectivity index (χ0n) is 19.6. The molecule has 2 heterocycles. The zero-order valence-corrected chi connectivity index (χ0v) is 21.4. The van der Waals surface area contributed by atoms with Gasteiger partial charge in [0.1, 0.15) is 6.35 Å². The van der Waals surface area contributed by atoms with Gasteiger partial charge in [0.15, 0.2) is 24.7 Å². The molecule has 1 aliphatic rings. The van der Waals surface area contributed by atoms with E-state index in [-0.39, 0.29) is 34.4 Å². The Hall–Kier alpha value is -2.30. The molecule has 1 aliphatic carbocycles. The summed E-state index contributed by atoms with van der Waals surface area (Å²) in [6, 6.07) is 8.15. The summed E-state index contributed by atoms with van der Waals surface area (Å²) in [5.41, 5.74) is 8.17. The Bertz CT molecular complexity index is 1180. The van der Waals surface area contributed by atoms with Crippen molar-refractivity contribution in [2.24, 2.45) is 5.92 Å². The SMILES string of the molecule is Cc1ccc(COP(COCCn2cnc3c(=O)[nH]c(N)nc32)OCCSC(=O)C2CCC2)cc1. The van der Waals surface area contributed by atoms with Crippen LogP contribution in [-0.2, 0) is 31.7 Å². The van der Waals surface area contributed by atoms with E-state index >= 15 is 0 Å². The number of aromatic nitrogens is 4. The molecule has 12 heteroatoms. The minimum Gasteiger partial charge on any atom is -0.370 e. The molecular formula is C23H30N5O5PS. The monoisotopic (exact) mass is 519 g/mol. The van der Waals surface area contributed by atoms with Crippen molar-refractivity contribution < 1.29 is 18.6 Å². The highest BCUT2D eigenvalue weighted by atomic mass is 32.2. The van der Waals surface area contributed by atoms with E-state index in [0.717, 1.165) is 24.8 Å². The molecule has 1 atom stereocenters. The van der Waals surface area contributed by atoms with E-state index in [0.29, 0.717) is 37.8 Å². The Morgan fingerprint density at radius 1 is 1.26 bits per heavy atom. The summed E-state index contributed by atoms with van der Waals surface area (Å²) in [5, 5.41) is 0.265. The zero-order chi connectivity index (χ0) is 24.6. The van der Waals surface area contributed by atoms with E-state index in [1.807, 2.05) is 31.2 Å². The van der Waals surface area contributed by atoms with Crippen LogP contribution in [0.2, 0.25) is 0 Å². The first-order valence-electron chi connectivity index (χ1n) is 11.5. The number of aromatic amines is 1. The molecule has 35 heavy (non-hydrogen) atoms. The Balaban J connectivity index is 1.26. The lowest BCUT2D eigenvalue weighted by Gasteiger charge is -2.23. The normalized spacial score (nSPS) is 14.8. The number of nitrogens with two attached hydrogens (primary N) is 1. The first-order chi connectivity index (χ1) is 17.0. The van der Waals surface area contributed by atoms with E-state index in [2.05, 4.69) is 15.0 Å². The van der Waals surface area contributed by atoms with Gasteiger partial charge in [-0.3, -0.25) is 14.6 Å². The van der Waals surface area contributed by atoms with Crippen molar-refractivity contribution in [2.75, 3.05) is 31.0 Å². The van der Waals surface area contributed by atoms with Crippen molar-refractivity contribution in [2.45, 2.75) is 39.3 Å². The maximum atomic E-state index is 12.1. The quantitative estimate of drug-likeness (QED) is 0.257. The molecule has 1 saturated carbocycles. The number of aryl methyl sites for hydroxylation is 1. The van der Waals surface area contributed by atoms with Crippen molar-refractivity contribution in [3.8, 4) is 0 Å². The van der Waals surface area contributed by atoms with Gasteiger partial charge in [0.2, 0.25) is 5.95 Å². The second-order valence-electron chi connectivity index (χ2n) is 8.32. The molecule has 0 saturated heterocycles. The molecule has 10 nitrogen and oxygen atoms in total. The number of nitrogen functional groups attached to an aromatic ring is 1. The Kier molecular flexibility index (Phi) is 9.28. The van der Waals surface area contributed by atoms with Crippen LogP contribution in [0.3, 0.4) is 0 Å². The Morgan fingerprint density at radius 2 is 2.06 bits per heavy atom. The number of imidazole rings is 1. The van der Waals surface area contributed by atoms with Crippen molar-refractivity contribution in [1.82, 2.24) is 19.5 Å². The van der Waals surface area contributed by atoms with Crippen LogP contribution >= 0.6 is 20.1 Å². The number of hydrogen-bond acceptors (Lipinski definition) is 9. The highest BCUT2D eigenvalue weighted by Gasteiger charge is 2.25. The first-order valence-corrected chi connectivity index (χ1v) is 13.9. The number of H-pyrrole nitrogens is 1. The van der Waals surface area contributed by atoms with Crippen LogP contribution in [0.15, 0.2) is 35.4 Å². The highest BCUT2D eigenvalue weighted by molar-refractivity contribution is 8.13. The fraction of sp³-hybridized carbons (Fsp3) is 0.478. The molecular weight excluding hydrogens is 489 g/mol. The molecule has 0 radical (unpaired) electrons. The lowest BCUT2D eigenvalue weighted by Crippen LogP contribution is -2.19. The van der Waals surface area contributed by atoms with Gasteiger partial charge < -0.3 is 24.1 Å². The minimum atomic E-state index is -1.30. The molecule has 0 aliphatic heterocycles. The summed E-state index contributed by atoms with van der Waals surface area (Å²) in [6.45, 7) is 3.68.